The number of hydrogen-bond acceptors (Lipinski definition) is 9. The van der Waals surface area contributed by atoms with Crippen molar-refractivity contribution in [3.8, 4) is 0 Å². The van der Waals surface area contributed by atoms with Crippen molar-refractivity contribution in [1.82, 2.24) is 25.3 Å². The van der Waals surface area contributed by atoms with E-state index in [1.165, 1.54) is 19.2 Å². The highest BCUT2D eigenvalue weighted by Crippen LogP contribution is 2.42. The van der Waals surface area contributed by atoms with E-state index in [-0.39, 0.29) is 35.0 Å². The zero-order valence-electron chi connectivity index (χ0n) is 20.2. The quantitative estimate of drug-likeness (QED) is 0.366. The van der Waals surface area contributed by atoms with E-state index < -0.39 is 46.8 Å². The van der Waals surface area contributed by atoms with Gasteiger partial charge in [0.15, 0.2) is 5.65 Å². The van der Waals surface area contributed by atoms with E-state index in [1.807, 2.05) is 0 Å². The number of azo groups is 1. The third-order valence-electron chi connectivity index (χ3n) is 5.75. The molecule has 4 heterocycles. The Labute approximate surface area is 212 Å². The number of hydrogen-bond donors (Lipinski definition) is 3. The first-order valence-corrected chi connectivity index (χ1v) is 11.2. The second kappa shape index (κ2) is 9.87. The van der Waals surface area contributed by atoms with Crippen LogP contribution in [0.2, 0.25) is 0 Å². The highest BCUT2D eigenvalue weighted by Gasteiger charge is 2.46. The molecule has 0 saturated heterocycles. The number of rotatable bonds is 6. The lowest BCUT2D eigenvalue weighted by molar-refractivity contribution is -0.137. The number of alkyl halides is 6. The van der Waals surface area contributed by atoms with Gasteiger partial charge in [0.05, 0.1) is 29.6 Å². The summed E-state index contributed by atoms with van der Waals surface area (Å²) in [5.41, 5.74) is -3.11. The maximum atomic E-state index is 14.2. The SMILES string of the molecule is CC1C(C(F)(F)F)=C(c2cnc3c(Nc4ccc(C(F)(F)F)cn4)ccnc3n2)N=NC1NC(C)(C)CO. The third-order valence-corrected chi connectivity index (χ3v) is 5.75. The maximum absolute atomic E-state index is 14.2. The van der Waals surface area contributed by atoms with Crippen LogP contribution in [0.4, 0.5) is 37.8 Å². The molecule has 0 bridgehead atoms. The molecule has 0 fully saturated rings. The van der Waals surface area contributed by atoms with E-state index in [4.69, 9.17) is 0 Å². The van der Waals surface area contributed by atoms with Crippen LogP contribution in [0, 0.1) is 5.92 Å². The van der Waals surface area contributed by atoms with Gasteiger partial charge in [-0.2, -0.15) is 36.6 Å². The van der Waals surface area contributed by atoms with Gasteiger partial charge in [0.25, 0.3) is 0 Å². The van der Waals surface area contributed by atoms with Crippen LogP contribution in [0.3, 0.4) is 0 Å². The molecule has 2 unspecified atom stereocenters. The van der Waals surface area contributed by atoms with Gasteiger partial charge in [-0.25, -0.2) is 19.9 Å². The number of fused-ring (bicyclic) bond motifs is 1. The monoisotopic (exact) mass is 540 g/mol. The van der Waals surface area contributed by atoms with Gasteiger partial charge in [-0.3, -0.25) is 5.32 Å². The first-order chi connectivity index (χ1) is 17.7. The molecule has 38 heavy (non-hydrogen) atoms. The Kier molecular flexibility index (Phi) is 7.09. The number of nitrogens with one attached hydrogen (secondary N) is 2. The summed E-state index contributed by atoms with van der Waals surface area (Å²) in [5, 5.41) is 23.0. The average Bonchev–Trinajstić information content (AvgIpc) is 2.84. The minimum Gasteiger partial charge on any atom is -0.394 e. The van der Waals surface area contributed by atoms with E-state index in [9.17, 15) is 31.4 Å². The van der Waals surface area contributed by atoms with E-state index in [1.54, 1.807) is 13.8 Å². The van der Waals surface area contributed by atoms with Crippen LogP contribution < -0.4 is 10.6 Å². The van der Waals surface area contributed by atoms with Crippen molar-refractivity contribution in [2.75, 3.05) is 11.9 Å². The summed E-state index contributed by atoms with van der Waals surface area (Å²) in [6.07, 6.45) is -7.28. The molecule has 0 spiro atoms. The molecule has 0 amide bonds. The van der Waals surface area contributed by atoms with Crippen LogP contribution in [0.25, 0.3) is 16.9 Å². The van der Waals surface area contributed by atoms with Gasteiger partial charge in [-0.05, 0) is 32.0 Å². The zero-order chi connectivity index (χ0) is 27.9. The number of aliphatic hydroxyl groups is 1. The summed E-state index contributed by atoms with van der Waals surface area (Å²) in [7, 11) is 0. The number of anilines is 2. The molecule has 202 valence electrons. The minimum atomic E-state index is -4.76. The molecule has 0 aromatic carbocycles. The first kappa shape index (κ1) is 27.3. The molecular weight excluding hydrogens is 518 g/mol. The Morgan fingerprint density at radius 1 is 0.947 bits per heavy atom. The Bertz CT molecular complexity index is 1390. The van der Waals surface area contributed by atoms with Crippen LogP contribution in [0.1, 0.15) is 32.0 Å². The van der Waals surface area contributed by atoms with Crippen LogP contribution in [-0.2, 0) is 6.18 Å². The standard InChI is InChI=1S/C23H22F6N8O/c1-11-16(23(27,28)29)17(36-37-19(11)35-21(2,3)10-38)14-9-32-18-13(6-7-30-20(18)34-14)33-15-5-4-12(8-31-15)22(24,25)26/h4-9,11,19,35,38H,10H2,1-3H3,(H,30,31,33,34). The van der Waals surface area contributed by atoms with Gasteiger partial charge in [0.1, 0.15) is 28.9 Å². The summed E-state index contributed by atoms with van der Waals surface area (Å²) < 4.78 is 80.8. The lowest BCUT2D eigenvalue weighted by Gasteiger charge is -2.34. The largest absolute Gasteiger partial charge is 0.417 e. The van der Waals surface area contributed by atoms with E-state index in [2.05, 4.69) is 40.8 Å². The lowest BCUT2D eigenvalue weighted by atomic mass is 9.91. The predicted molar refractivity (Wildman–Crippen MR) is 125 cm³/mol. The van der Waals surface area contributed by atoms with Crippen molar-refractivity contribution in [2.45, 2.75) is 44.8 Å². The maximum Gasteiger partial charge on any atom is 0.417 e. The number of nitrogens with zero attached hydrogens (tertiary/aromatic N) is 6. The van der Waals surface area contributed by atoms with Crippen molar-refractivity contribution in [2.24, 2.45) is 16.1 Å². The Morgan fingerprint density at radius 3 is 2.29 bits per heavy atom. The van der Waals surface area contributed by atoms with Crippen molar-refractivity contribution in [3.05, 3.63) is 53.6 Å². The summed E-state index contributed by atoms with van der Waals surface area (Å²) in [6, 6.07) is 3.45. The van der Waals surface area contributed by atoms with E-state index in [0.29, 0.717) is 6.20 Å². The second-order valence-electron chi connectivity index (χ2n) is 9.24. The van der Waals surface area contributed by atoms with Crippen LogP contribution in [0.5, 0.6) is 0 Å². The first-order valence-electron chi connectivity index (χ1n) is 11.2. The van der Waals surface area contributed by atoms with E-state index >= 15 is 0 Å². The van der Waals surface area contributed by atoms with Crippen molar-refractivity contribution < 1.29 is 31.4 Å². The molecule has 3 N–H and O–H groups in total. The zero-order valence-corrected chi connectivity index (χ0v) is 20.2. The van der Waals surface area contributed by atoms with Crippen molar-refractivity contribution in [3.63, 3.8) is 0 Å². The summed E-state index contributed by atoms with van der Waals surface area (Å²) in [6.45, 7) is 4.25. The number of aromatic nitrogens is 4. The van der Waals surface area contributed by atoms with Crippen LogP contribution in [0.15, 0.2) is 52.6 Å². The summed E-state index contributed by atoms with van der Waals surface area (Å²) in [5.74, 6) is -1.09. The molecule has 15 heteroatoms. The molecule has 3 aromatic rings. The average molecular weight is 540 g/mol. The van der Waals surface area contributed by atoms with Gasteiger partial charge in [0.2, 0.25) is 0 Å². The predicted octanol–water partition coefficient (Wildman–Crippen LogP) is 5.24. The van der Waals surface area contributed by atoms with Crippen LogP contribution in [-0.4, -0.2) is 49.5 Å². The molecule has 0 radical (unpaired) electrons. The molecule has 0 saturated carbocycles. The normalized spacial score (nSPS) is 18.8. The molecule has 1 aliphatic rings. The summed E-state index contributed by atoms with van der Waals surface area (Å²) in [4.78, 5) is 16.2. The van der Waals surface area contributed by atoms with Gasteiger partial charge < -0.3 is 10.4 Å². The fraction of sp³-hybridized carbons (Fsp3) is 0.391. The molecular formula is C23H22F6N8O. The molecule has 9 nitrogen and oxygen atoms in total. The minimum absolute atomic E-state index is 0.0297. The molecule has 0 aliphatic carbocycles. The molecule has 1 aliphatic heterocycles. The molecule has 4 rings (SSSR count). The number of halogens is 6. The van der Waals surface area contributed by atoms with Gasteiger partial charge in [-0.15, -0.1) is 0 Å². The van der Waals surface area contributed by atoms with Crippen LogP contribution >= 0.6 is 0 Å². The Hall–Kier alpha value is -3.72. The molecule has 3 aromatic heterocycles. The lowest BCUT2D eigenvalue weighted by Crippen LogP contribution is -2.51. The Balaban J connectivity index is 1.69. The van der Waals surface area contributed by atoms with Gasteiger partial charge in [0, 0.05) is 23.9 Å². The van der Waals surface area contributed by atoms with E-state index in [0.717, 1.165) is 18.3 Å². The molecule has 2 atom stereocenters. The second-order valence-corrected chi connectivity index (χ2v) is 9.24. The van der Waals surface area contributed by atoms with Gasteiger partial charge >= 0.3 is 12.4 Å². The fourth-order valence-electron chi connectivity index (χ4n) is 3.74. The van der Waals surface area contributed by atoms with Gasteiger partial charge in [-0.1, -0.05) is 6.92 Å². The number of aliphatic hydroxyl groups excluding tert-OH is 1. The fourth-order valence-corrected chi connectivity index (χ4v) is 3.74. The van der Waals surface area contributed by atoms with Crippen molar-refractivity contribution in [1.29, 1.82) is 0 Å². The topological polar surface area (TPSA) is 121 Å². The highest BCUT2D eigenvalue weighted by atomic mass is 19.4. The third kappa shape index (κ3) is 5.72. The summed E-state index contributed by atoms with van der Waals surface area (Å²) >= 11 is 0. The highest BCUT2D eigenvalue weighted by molar-refractivity contribution is 5.87. The number of pyridine rings is 2. The smallest absolute Gasteiger partial charge is 0.394 e. The van der Waals surface area contributed by atoms with Crippen molar-refractivity contribution >= 4 is 28.4 Å². The Morgan fingerprint density at radius 2 is 1.68 bits per heavy atom.